The lowest BCUT2D eigenvalue weighted by atomic mass is 9.96. The van der Waals surface area contributed by atoms with Crippen molar-refractivity contribution in [1.82, 2.24) is 4.90 Å². The maximum absolute atomic E-state index is 12.5. The number of piperidine rings is 1. The van der Waals surface area contributed by atoms with E-state index < -0.39 is 0 Å². The minimum Gasteiger partial charge on any atom is -0.493 e. The summed E-state index contributed by atoms with van der Waals surface area (Å²) in [7, 11) is 3.25. The second-order valence-electron chi connectivity index (χ2n) is 6.12. The summed E-state index contributed by atoms with van der Waals surface area (Å²) >= 11 is 1.66. The van der Waals surface area contributed by atoms with Crippen LogP contribution in [0, 0.1) is 0 Å². The second-order valence-corrected chi connectivity index (χ2v) is 7.29. The molecule has 1 aromatic carbocycles. The normalized spacial score (nSPS) is 19.0. The number of likely N-dealkylation sites (tertiary alicyclic amines) is 1. The molecule has 1 heterocycles. The number of thioether (sulfide) groups is 1. The van der Waals surface area contributed by atoms with Gasteiger partial charge in [-0.3, -0.25) is 4.79 Å². The van der Waals surface area contributed by atoms with Crippen molar-refractivity contribution in [2.45, 2.75) is 49.6 Å². The van der Waals surface area contributed by atoms with Crippen LogP contribution in [0.3, 0.4) is 0 Å². The third kappa shape index (κ3) is 4.80. The van der Waals surface area contributed by atoms with Crippen molar-refractivity contribution in [3.05, 3.63) is 18.2 Å². The van der Waals surface area contributed by atoms with E-state index in [-0.39, 0.29) is 18.0 Å². The molecule has 1 amide bonds. The quantitative estimate of drug-likeness (QED) is 0.765. The van der Waals surface area contributed by atoms with Crippen LogP contribution in [0.2, 0.25) is 0 Å². The number of rotatable bonds is 7. The van der Waals surface area contributed by atoms with Crippen molar-refractivity contribution < 1.29 is 14.3 Å². The Balaban J connectivity index is 1.88. The summed E-state index contributed by atoms with van der Waals surface area (Å²) in [5.41, 5.74) is 6.05. The van der Waals surface area contributed by atoms with Gasteiger partial charge in [0.2, 0.25) is 5.91 Å². The zero-order valence-corrected chi connectivity index (χ0v) is 15.6. The van der Waals surface area contributed by atoms with Crippen LogP contribution in [0.5, 0.6) is 11.5 Å². The molecular weight excluding hydrogens is 324 g/mol. The van der Waals surface area contributed by atoms with E-state index in [0.29, 0.717) is 17.9 Å². The van der Waals surface area contributed by atoms with E-state index in [1.807, 2.05) is 30.0 Å². The predicted molar refractivity (Wildman–Crippen MR) is 97.9 cm³/mol. The van der Waals surface area contributed by atoms with E-state index in [4.69, 9.17) is 15.2 Å². The SMILES string of the molecule is COc1ccc(SCCC(=O)N2CCCCC2C(C)N)cc1OC. The van der Waals surface area contributed by atoms with Gasteiger partial charge in [-0.2, -0.15) is 0 Å². The molecule has 1 fully saturated rings. The third-order valence-electron chi connectivity index (χ3n) is 4.42. The summed E-state index contributed by atoms with van der Waals surface area (Å²) in [6.07, 6.45) is 3.79. The highest BCUT2D eigenvalue weighted by Crippen LogP contribution is 2.32. The molecule has 0 aromatic heterocycles. The summed E-state index contributed by atoms with van der Waals surface area (Å²) in [6, 6.07) is 6.05. The summed E-state index contributed by atoms with van der Waals surface area (Å²) in [5, 5.41) is 0. The molecule has 1 aromatic rings. The lowest BCUT2D eigenvalue weighted by molar-refractivity contribution is -0.134. The number of hydrogen-bond acceptors (Lipinski definition) is 5. The number of nitrogens with two attached hydrogens (primary N) is 1. The number of methoxy groups -OCH3 is 2. The molecule has 2 atom stereocenters. The fraction of sp³-hybridized carbons (Fsp3) is 0.611. The van der Waals surface area contributed by atoms with Gasteiger partial charge in [-0.1, -0.05) is 0 Å². The Hall–Kier alpha value is -1.40. The van der Waals surface area contributed by atoms with Crippen LogP contribution in [0.4, 0.5) is 0 Å². The molecule has 0 spiro atoms. The van der Waals surface area contributed by atoms with E-state index in [1.165, 1.54) is 0 Å². The molecule has 0 saturated carbocycles. The fourth-order valence-corrected chi connectivity index (χ4v) is 3.99. The highest BCUT2D eigenvalue weighted by Gasteiger charge is 2.28. The van der Waals surface area contributed by atoms with Crippen LogP contribution in [-0.4, -0.2) is 49.4 Å². The van der Waals surface area contributed by atoms with Crippen molar-refractivity contribution in [3.8, 4) is 11.5 Å². The average Bonchev–Trinajstić information content (AvgIpc) is 2.61. The maximum atomic E-state index is 12.5. The van der Waals surface area contributed by atoms with Gasteiger partial charge in [-0.25, -0.2) is 0 Å². The molecule has 0 aliphatic carbocycles. The number of carbonyl (C=O) groups excluding carboxylic acids is 1. The Morgan fingerprint density at radius 2 is 2.08 bits per heavy atom. The van der Waals surface area contributed by atoms with Gasteiger partial charge in [0, 0.05) is 35.7 Å². The number of amides is 1. The minimum atomic E-state index is 0.0350. The van der Waals surface area contributed by atoms with Crippen molar-refractivity contribution in [2.75, 3.05) is 26.5 Å². The van der Waals surface area contributed by atoms with Crippen molar-refractivity contribution in [2.24, 2.45) is 5.73 Å². The van der Waals surface area contributed by atoms with Gasteiger partial charge in [-0.05, 0) is 44.4 Å². The number of nitrogens with zero attached hydrogens (tertiary/aromatic N) is 1. The molecule has 0 radical (unpaired) electrons. The van der Waals surface area contributed by atoms with Gasteiger partial charge in [0.1, 0.15) is 0 Å². The molecule has 1 aliphatic heterocycles. The maximum Gasteiger partial charge on any atom is 0.223 e. The fourth-order valence-electron chi connectivity index (χ4n) is 3.12. The largest absolute Gasteiger partial charge is 0.493 e. The molecule has 1 aliphatic rings. The van der Waals surface area contributed by atoms with E-state index in [9.17, 15) is 4.79 Å². The van der Waals surface area contributed by atoms with Gasteiger partial charge in [-0.15, -0.1) is 11.8 Å². The Morgan fingerprint density at radius 3 is 2.75 bits per heavy atom. The Labute approximate surface area is 148 Å². The van der Waals surface area contributed by atoms with Crippen LogP contribution in [0.15, 0.2) is 23.1 Å². The summed E-state index contributed by atoms with van der Waals surface area (Å²) in [5.74, 6) is 2.38. The van der Waals surface area contributed by atoms with E-state index in [0.717, 1.165) is 36.5 Å². The van der Waals surface area contributed by atoms with Crippen molar-refractivity contribution in [1.29, 1.82) is 0 Å². The first kappa shape index (κ1) is 18.9. The molecule has 1 saturated heterocycles. The number of hydrogen-bond donors (Lipinski definition) is 1. The lowest BCUT2D eigenvalue weighted by Crippen LogP contribution is -2.51. The number of carbonyl (C=O) groups is 1. The van der Waals surface area contributed by atoms with Crippen LogP contribution >= 0.6 is 11.8 Å². The average molecular weight is 353 g/mol. The molecule has 6 heteroatoms. The zero-order valence-electron chi connectivity index (χ0n) is 14.8. The zero-order chi connectivity index (χ0) is 17.5. The third-order valence-corrected chi connectivity index (χ3v) is 5.41. The molecule has 5 nitrogen and oxygen atoms in total. The molecule has 2 unspecified atom stereocenters. The van der Waals surface area contributed by atoms with Gasteiger partial charge >= 0.3 is 0 Å². The molecular formula is C18H28N2O3S. The molecule has 2 rings (SSSR count). The topological polar surface area (TPSA) is 64.8 Å². The highest BCUT2D eigenvalue weighted by atomic mass is 32.2. The Kier molecular flexibility index (Phi) is 7.24. The van der Waals surface area contributed by atoms with E-state index in [1.54, 1.807) is 26.0 Å². The smallest absolute Gasteiger partial charge is 0.223 e. The van der Waals surface area contributed by atoms with Gasteiger partial charge in [0.05, 0.1) is 14.2 Å². The molecule has 2 N–H and O–H groups in total. The summed E-state index contributed by atoms with van der Waals surface area (Å²) in [6.45, 7) is 2.83. The summed E-state index contributed by atoms with van der Waals surface area (Å²) < 4.78 is 10.6. The first-order valence-electron chi connectivity index (χ1n) is 8.46. The van der Waals surface area contributed by atoms with Crippen molar-refractivity contribution in [3.63, 3.8) is 0 Å². The first-order chi connectivity index (χ1) is 11.6. The monoisotopic (exact) mass is 352 g/mol. The summed E-state index contributed by atoms with van der Waals surface area (Å²) in [4.78, 5) is 15.6. The Morgan fingerprint density at radius 1 is 1.33 bits per heavy atom. The second kappa shape index (κ2) is 9.18. The number of ether oxygens (including phenoxy) is 2. The van der Waals surface area contributed by atoms with Gasteiger partial charge in [0.25, 0.3) is 0 Å². The Bertz CT molecular complexity index is 551. The van der Waals surface area contributed by atoms with Crippen molar-refractivity contribution >= 4 is 17.7 Å². The van der Waals surface area contributed by atoms with Crippen LogP contribution in [0.1, 0.15) is 32.6 Å². The molecule has 0 bridgehead atoms. The van der Waals surface area contributed by atoms with E-state index in [2.05, 4.69) is 0 Å². The van der Waals surface area contributed by atoms with Gasteiger partial charge < -0.3 is 20.1 Å². The standard InChI is InChI=1S/C18H28N2O3S/c1-13(19)15-6-4-5-10-20(15)18(21)9-11-24-14-7-8-16(22-2)17(12-14)23-3/h7-8,12-13,15H,4-6,9-11,19H2,1-3H3. The van der Waals surface area contributed by atoms with Crippen LogP contribution < -0.4 is 15.2 Å². The minimum absolute atomic E-state index is 0.0350. The predicted octanol–water partition coefficient (Wildman–Crippen LogP) is 2.91. The number of benzene rings is 1. The lowest BCUT2D eigenvalue weighted by Gasteiger charge is -2.38. The van der Waals surface area contributed by atoms with E-state index >= 15 is 0 Å². The van der Waals surface area contributed by atoms with Gasteiger partial charge in [0.15, 0.2) is 11.5 Å². The first-order valence-corrected chi connectivity index (χ1v) is 9.45. The van der Waals surface area contributed by atoms with Crippen LogP contribution in [0.25, 0.3) is 0 Å². The molecule has 24 heavy (non-hydrogen) atoms. The highest BCUT2D eigenvalue weighted by molar-refractivity contribution is 7.99. The van der Waals surface area contributed by atoms with Crippen LogP contribution in [-0.2, 0) is 4.79 Å². The molecule has 134 valence electrons.